The van der Waals surface area contributed by atoms with Gasteiger partial charge in [0.25, 0.3) is 12.3 Å². The molecule has 0 aliphatic carbocycles. The third-order valence-electron chi connectivity index (χ3n) is 11.0. The smallest absolute Gasteiger partial charge is 0.266 e. The Labute approximate surface area is 316 Å². The van der Waals surface area contributed by atoms with Crippen LogP contribution in [0.5, 0.6) is 0 Å². The molecule has 2 fully saturated rings. The van der Waals surface area contributed by atoms with Gasteiger partial charge in [-0.05, 0) is 87.0 Å². The fraction of sp³-hybridized carbons (Fsp3) is 0.333. The van der Waals surface area contributed by atoms with Gasteiger partial charge < -0.3 is 10.2 Å². The number of pyridine rings is 1. The van der Waals surface area contributed by atoms with Gasteiger partial charge in [0, 0.05) is 41.6 Å². The molecule has 10 nitrogen and oxygen atoms in total. The first kappa shape index (κ1) is 36.3. The van der Waals surface area contributed by atoms with Gasteiger partial charge in [0.05, 0.1) is 29.0 Å². The van der Waals surface area contributed by atoms with Crippen molar-refractivity contribution >= 4 is 34.4 Å². The third-order valence-corrected chi connectivity index (χ3v) is 11.0. The number of alkyl halides is 2. The van der Waals surface area contributed by atoms with Crippen LogP contribution in [-0.2, 0) is 22.7 Å². The van der Waals surface area contributed by atoms with Gasteiger partial charge in [-0.2, -0.15) is 0 Å². The number of imide groups is 1. The monoisotopic (exact) mass is 747 g/mol. The number of amides is 3. The number of halogens is 3. The van der Waals surface area contributed by atoms with Gasteiger partial charge in [-0.25, -0.2) is 23.1 Å². The summed E-state index contributed by atoms with van der Waals surface area (Å²) in [5, 5.41) is 6.27. The Morgan fingerprint density at radius 2 is 1.73 bits per heavy atom. The molecule has 0 bridgehead atoms. The number of rotatable bonds is 9. The molecule has 8 rings (SSSR count). The Hall–Kier alpha value is -5.69. The number of anilines is 1. The lowest BCUT2D eigenvalue weighted by atomic mass is 9.87. The topological polar surface area (TPSA) is 120 Å². The molecule has 3 amide bonds. The highest BCUT2D eigenvalue weighted by Gasteiger charge is 2.39. The van der Waals surface area contributed by atoms with Gasteiger partial charge in [-0.15, -0.1) is 0 Å². The van der Waals surface area contributed by atoms with Crippen LogP contribution in [0.2, 0.25) is 0 Å². The van der Waals surface area contributed by atoms with Crippen LogP contribution in [-0.4, -0.2) is 61.6 Å². The molecule has 2 saturated heterocycles. The fourth-order valence-corrected chi connectivity index (χ4v) is 8.13. The largest absolute Gasteiger partial charge is 0.363 e. The van der Waals surface area contributed by atoms with Crippen LogP contribution in [0.15, 0.2) is 72.9 Å². The van der Waals surface area contributed by atoms with E-state index in [0.717, 1.165) is 55.2 Å². The number of piperidine rings is 2. The molecule has 0 radical (unpaired) electrons. The summed E-state index contributed by atoms with van der Waals surface area (Å²) in [6, 6.07) is 18.9. The van der Waals surface area contributed by atoms with Crippen molar-refractivity contribution < 1.29 is 27.6 Å². The average molecular weight is 748 g/mol. The molecule has 0 spiro atoms. The number of aromatic nitrogens is 3. The van der Waals surface area contributed by atoms with Crippen LogP contribution >= 0.6 is 0 Å². The maximum absolute atomic E-state index is 15.0. The lowest BCUT2D eigenvalue weighted by Crippen LogP contribution is -2.52. The molecule has 282 valence electrons. The summed E-state index contributed by atoms with van der Waals surface area (Å²) in [7, 11) is 0. The van der Waals surface area contributed by atoms with Crippen molar-refractivity contribution in [1.29, 1.82) is 0 Å². The highest BCUT2D eigenvalue weighted by atomic mass is 19.3. The molecule has 3 aliphatic heterocycles. The first-order valence-electron chi connectivity index (χ1n) is 18.6. The number of fused-ring (bicyclic) bond motifs is 2. The molecule has 0 saturated carbocycles. The van der Waals surface area contributed by atoms with Crippen molar-refractivity contribution in [3.63, 3.8) is 0 Å². The summed E-state index contributed by atoms with van der Waals surface area (Å²) < 4.78 is 41.8. The van der Waals surface area contributed by atoms with E-state index in [2.05, 4.69) is 43.7 Å². The summed E-state index contributed by atoms with van der Waals surface area (Å²) >= 11 is 0. The number of aryl methyl sites for hydroxylation is 1. The summed E-state index contributed by atoms with van der Waals surface area (Å²) in [6.07, 6.45) is 1.29. The van der Waals surface area contributed by atoms with Crippen molar-refractivity contribution in [3.8, 4) is 11.3 Å². The van der Waals surface area contributed by atoms with E-state index in [0.29, 0.717) is 52.7 Å². The SMILES string of the molecule is Cc1nc(N[C@H](C)c2cccc(C(F)F)c2F)c2cc(-c3cccc(CN4CCC(c5ccc6c(c5)CN(C5CCC(=O)NC5=O)C6=O)CC4)c3)ncc2n1. The van der Waals surface area contributed by atoms with E-state index in [1.165, 1.54) is 17.7 Å². The normalized spacial score (nSPS) is 18.5. The highest BCUT2D eigenvalue weighted by Crippen LogP contribution is 2.35. The molecule has 5 heterocycles. The van der Waals surface area contributed by atoms with E-state index >= 15 is 4.39 Å². The maximum atomic E-state index is 15.0. The number of carbonyl (C=O) groups is 3. The zero-order valence-electron chi connectivity index (χ0n) is 30.5. The van der Waals surface area contributed by atoms with Crippen molar-refractivity contribution in [2.75, 3.05) is 18.4 Å². The number of hydrogen-bond donors (Lipinski definition) is 2. The quantitative estimate of drug-likeness (QED) is 0.150. The van der Waals surface area contributed by atoms with Gasteiger partial charge in [0.15, 0.2) is 0 Å². The lowest BCUT2D eigenvalue weighted by molar-refractivity contribution is -0.136. The molecule has 1 unspecified atom stereocenters. The van der Waals surface area contributed by atoms with Gasteiger partial charge in [0.2, 0.25) is 11.8 Å². The third kappa shape index (κ3) is 7.28. The Balaban J connectivity index is 0.933. The minimum absolute atomic E-state index is 0.121. The maximum Gasteiger partial charge on any atom is 0.266 e. The van der Waals surface area contributed by atoms with Crippen molar-refractivity contribution in [2.45, 2.75) is 77.0 Å². The number of nitrogens with zero attached hydrogens (tertiary/aromatic N) is 5. The number of nitrogens with one attached hydrogen (secondary N) is 2. The van der Waals surface area contributed by atoms with Crippen LogP contribution in [0.25, 0.3) is 22.2 Å². The highest BCUT2D eigenvalue weighted by molar-refractivity contribution is 6.05. The van der Waals surface area contributed by atoms with Crippen LogP contribution in [0.3, 0.4) is 0 Å². The second kappa shape index (κ2) is 14.9. The predicted octanol–water partition coefficient (Wildman–Crippen LogP) is 7.39. The Bertz CT molecular complexity index is 2330. The summed E-state index contributed by atoms with van der Waals surface area (Å²) in [4.78, 5) is 55.1. The van der Waals surface area contributed by atoms with Gasteiger partial charge in [-0.1, -0.05) is 48.5 Å². The van der Waals surface area contributed by atoms with Gasteiger partial charge in [-0.3, -0.25) is 29.6 Å². The van der Waals surface area contributed by atoms with Gasteiger partial charge >= 0.3 is 0 Å². The molecule has 3 aliphatic rings. The molecule has 5 aromatic rings. The Morgan fingerprint density at radius 3 is 2.51 bits per heavy atom. The first-order valence-corrected chi connectivity index (χ1v) is 18.6. The number of benzene rings is 3. The van der Waals surface area contributed by atoms with Crippen LogP contribution < -0.4 is 10.6 Å². The van der Waals surface area contributed by atoms with Crippen LogP contribution in [0, 0.1) is 12.7 Å². The molecule has 13 heteroatoms. The lowest BCUT2D eigenvalue weighted by Gasteiger charge is -2.32. The van der Waals surface area contributed by atoms with Crippen molar-refractivity contribution in [3.05, 3.63) is 118 Å². The molecule has 2 aromatic heterocycles. The van der Waals surface area contributed by atoms with E-state index in [4.69, 9.17) is 4.98 Å². The molecule has 2 atom stereocenters. The molecule has 3 aromatic carbocycles. The first-order chi connectivity index (χ1) is 26.5. The minimum Gasteiger partial charge on any atom is -0.363 e. The van der Waals surface area contributed by atoms with Crippen molar-refractivity contribution in [2.24, 2.45) is 0 Å². The van der Waals surface area contributed by atoms with Gasteiger partial charge in [0.1, 0.15) is 23.5 Å². The number of carbonyl (C=O) groups excluding carboxylic acids is 3. The summed E-state index contributed by atoms with van der Waals surface area (Å²) in [6.45, 7) is 6.41. The van der Waals surface area contributed by atoms with E-state index in [9.17, 15) is 23.2 Å². The Morgan fingerprint density at radius 1 is 0.945 bits per heavy atom. The fourth-order valence-electron chi connectivity index (χ4n) is 8.13. The molecule has 2 N–H and O–H groups in total. The van der Waals surface area contributed by atoms with Crippen molar-refractivity contribution in [1.82, 2.24) is 30.1 Å². The van der Waals surface area contributed by atoms with E-state index < -0.39 is 35.8 Å². The molecule has 55 heavy (non-hydrogen) atoms. The van der Waals surface area contributed by atoms with E-state index in [1.807, 2.05) is 30.3 Å². The van der Waals surface area contributed by atoms with E-state index in [1.54, 1.807) is 24.9 Å². The van der Waals surface area contributed by atoms with E-state index in [-0.39, 0.29) is 23.8 Å². The minimum atomic E-state index is -2.92. The van der Waals surface area contributed by atoms with Crippen LogP contribution in [0.4, 0.5) is 19.0 Å². The predicted molar refractivity (Wildman–Crippen MR) is 201 cm³/mol. The second-order valence-electron chi connectivity index (χ2n) is 14.7. The molecular weight excluding hydrogens is 708 g/mol. The number of likely N-dealkylation sites (tertiary alicyclic amines) is 1. The average Bonchev–Trinajstić information content (AvgIpc) is 3.49. The second-order valence-corrected chi connectivity index (χ2v) is 14.7. The van der Waals surface area contributed by atoms with Crippen LogP contribution in [0.1, 0.15) is 95.0 Å². The Kier molecular flexibility index (Phi) is 9.80. The summed E-state index contributed by atoms with van der Waals surface area (Å²) in [5.41, 5.74) is 5.63. The molecular formula is C42H40F3N7O3. The summed E-state index contributed by atoms with van der Waals surface area (Å²) in [5.74, 6) is -0.482. The zero-order chi connectivity index (χ0) is 38.4. The standard InChI is InChI=1S/C42H40F3N7O3/c1-23(30-7-4-8-32(38(30)43)39(44)45)47-40-33-19-34(46-20-35(33)48-24(2)49-40)28-6-3-5-25(17-28)21-51-15-13-26(14-16-51)27-9-10-31-29(18-27)22-52(42(31)55)36-11-12-37(53)50-41(36)54/h3-10,17-20,23,26,36,39H,11-16,21-22H2,1-2H3,(H,47,48,49)(H,50,53,54)/t23-,36?/m1/s1. The number of hydrogen-bond acceptors (Lipinski definition) is 8. The zero-order valence-corrected chi connectivity index (χ0v) is 30.5.